The van der Waals surface area contributed by atoms with Crippen molar-refractivity contribution in [3.05, 3.63) is 35.4 Å². The Kier molecular flexibility index (Phi) is 4.69. The van der Waals surface area contributed by atoms with E-state index in [9.17, 15) is 9.59 Å². The molecule has 0 saturated carbocycles. The van der Waals surface area contributed by atoms with Crippen LogP contribution >= 0.6 is 0 Å². The molecule has 1 amide bonds. The van der Waals surface area contributed by atoms with E-state index in [-0.39, 0.29) is 11.1 Å². The number of benzene rings is 1. The zero-order chi connectivity index (χ0) is 14.6. The van der Waals surface area contributed by atoms with Crippen LogP contribution in [0.5, 0.6) is 0 Å². The van der Waals surface area contributed by atoms with E-state index in [0.29, 0.717) is 5.69 Å². The Bertz CT molecular complexity index is 533. The average Bonchev–Trinajstić information content (AvgIpc) is 2.37. The molecule has 1 aromatic rings. The minimum Gasteiger partial charge on any atom is -0.478 e. The van der Waals surface area contributed by atoms with E-state index in [1.54, 1.807) is 6.07 Å². The van der Waals surface area contributed by atoms with Gasteiger partial charge in [0.15, 0.2) is 0 Å². The van der Waals surface area contributed by atoms with Gasteiger partial charge in [-0.3, -0.25) is 4.79 Å². The van der Waals surface area contributed by atoms with E-state index in [1.807, 2.05) is 37.2 Å². The molecule has 0 aromatic heterocycles. The zero-order valence-corrected chi connectivity index (χ0v) is 11.5. The number of carbonyl (C=O) groups is 2. The molecule has 0 heterocycles. The second-order valence-electron chi connectivity index (χ2n) is 4.45. The first kappa shape index (κ1) is 14.8. The number of anilines is 2. The molecule has 0 spiro atoms. The van der Waals surface area contributed by atoms with Crippen molar-refractivity contribution in [1.82, 2.24) is 0 Å². The fourth-order valence-corrected chi connectivity index (χ4v) is 1.42. The number of hydrogen-bond acceptors (Lipinski definition) is 3. The van der Waals surface area contributed by atoms with Crippen molar-refractivity contribution in [3.63, 3.8) is 0 Å². The first-order chi connectivity index (χ1) is 8.82. The van der Waals surface area contributed by atoms with E-state index in [2.05, 4.69) is 5.32 Å². The number of rotatable bonds is 4. The highest BCUT2D eigenvalue weighted by Crippen LogP contribution is 2.18. The third-order valence-electron chi connectivity index (χ3n) is 2.84. The second kappa shape index (κ2) is 6.04. The molecule has 0 fully saturated rings. The summed E-state index contributed by atoms with van der Waals surface area (Å²) in [5, 5.41) is 11.5. The van der Waals surface area contributed by atoms with Gasteiger partial charge >= 0.3 is 5.97 Å². The van der Waals surface area contributed by atoms with Crippen molar-refractivity contribution in [2.45, 2.75) is 13.8 Å². The van der Waals surface area contributed by atoms with Crippen LogP contribution in [-0.4, -0.2) is 31.1 Å². The highest BCUT2D eigenvalue weighted by atomic mass is 16.4. The Morgan fingerprint density at radius 3 is 2.32 bits per heavy atom. The molecule has 102 valence electrons. The maximum atomic E-state index is 11.9. The van der Waals surface area contributed by atoms with Crippen molar-refractivity contribution in [2.24, 2.45) is 0 Å². The summed E-state index contributed by atoms with van der Waals surface area (Å²) in [5.74, 6) is -1.49. The van der Waals surface area contributed by atoms with Crippen molar-refractivity contribution < 1.29 is 14.7 Å². The summed E-state index contributed by atoms with van der Waals surface area (Å²) in [6.45, 7) is 2.90. The zero-order valence-electron chi connectivity index (χ0n) is 11.5. The van der Waals surface area contributed by atoms with Crippen LogP contribution < -0.4 is 10.2 Å². The van der Waals surface area contributed by atoms with Crippen LogP contribution in [0.2, 0.25) is 0 Å². The van der Waals surface area contributed by atoms with E-state index in [1.165, 1.54) is 13.8 Å². The normalized spacial score (nSPS) is 11.6. The van der Waals surface area contributed by atoms with Gasteiger partial charge in [-0.1, -0.05) is 6.07 Å². The molecular formula is C14H18N2O3. The summed E-state index contributed by atoms with van der Waals surface area (Å²) in [4.78, 5) is 24.6. The van der Waals surface area contributed by atoms with E-state index >= 15 is 0 Å². The van der Waals surface area contributed by atoms with Crippen LogP contribution in [0.4, 0.5) is 11.4 Å². The first-order valence-corrected chi connectivity index (χ1v) is 5.82. The molecule has 2 N–H and O–H groups in total. The van der Waals surface area contributed by atoms with Crippen molar-refractivity contribution in [3.8, 4) is 0 Å². The smallest absolute Gasteiger partial charge is 0.331 e. The molecule has 0 aliphatic carbocycles. The van der Waals surface area contributed by atoms with Gasteiger partial charge in [-0.2, -0.15) is 0 Å². The number of nitrogens with zero attached hydrogens (tertiary/aromatic N) is 1. The first-order valence-electron chi connectivity index (χ1n) is 5.82. The van der Waals surface area contributed by atoms with Crippen LogP contribution in [0.25, 0.3) is 0 Å². The van der Waals surface area contributed by atoms with Gasteiger partial charge in [0.1, 0.15) is 0 Å². The van der Waals surface area contributed by atoms with Gasteiger partial charge in [0.05, 0.1) is 0 Å². The Balaban J connectivity index is 2.92. The summed E-state index contributed by atoms with van der Waals surface area (Å²) in [6.07, 6.45) is 0. The molecule has 0 atom stereocenters. The number of carboxylic acids is 1. The molecule has 0 saturated heterocycles. The van der Waals surface area contributed by atoms with Crippen LogP contribution in [0, 0.1) is 0 Å². The number of aliphatic carboxylic acids is 1. The van der Waals surface area contributed by atoms with Gasteiger partial charge in [0.25, 0.3) is 5.91 Å². The lowest BCUT2D eigenvalue weighted by atomic mass is 10.1. The third kappa shape index (κ3) is 3.84. The van der Waals surface area contributed by atoms with Crippen LogP contribution in [0.1, 0.15) is 13.8 Å². The number of carboxylic acid groups (broad SMARTS) is 1. The minimum atomic E-state index is -1.09. The fraction of sp³-hybridized carbons (Fsp3) is 0.286. The molecule has 0 aliphatic heterocycles. The van der Waals surface area contributed by atoms with Crippen molar-refractivity contribution >= 4 is 23.3 Å². The van der Waals surface area contributed by atoms with Gasteiger partial charge in [-0.15, -0.1) is 0 Å². The molecular weight excluding hydrogens is 244 g/mol. The van der Waals surface area contributed by atoms with Gasteiger partial charge in [0.2, 0.25) is 0 Å². The topological polar surface area (TPSA) is 69.6 Å². The Morgan fingerprint density at radius 2 is 1.79 bits per heavy atom. The van der Waals surface area contributed by atoms with E-state index in [4.69, 9.17) is 5.11 Å². The van der Waals surface area contributed by atoms with Gasteiger partial charge in [0, 0.05) is 36.6 Å². The van der Waals surface area contributed by atoms with Gasteiger partial charge < -0.3 is 15.3 Å². The van der Waals surface area contributed by atoms with Crippen molar-refractivity contribution in [2.75, 3.05) is 24.3 Å². The molecule has 0 bridgehead atoms. The second-order valence-corrected chi connectivity index (χ2v) is 4.45. The molecule has 19 heavy (non-hydrogen) atoms. The molecule has 1 rings (SSSR count). The Labute approximate surface area is 112 Å². The largest absolute Gasteiger partial charge is 0.478 e. The standard InChI is InChI=1S/C14H18N2O3/c1-9(10(2)14(18)19)13(17)15-11-6-5-7-12(8-11)16(3)4/h5-8H,1-4H3,(H,15,17)(H,18,19)/b10-9-. The number of nitrogens with one attached hydrogen (secondary N) is 1. The molecule has 0 unspecified atom stereocenters. The SMILES string of the molecule is C/C(C(=O)O)=C(\C)C(=O)Nc1cccc(N(C)C)c1. The van der Waals surface area contributed by atoms with Gasteiger partial charge in [-0.05, 0) is 32.0 Å². The minimum absolute atomic E-state index is 0.0428. The maximum absolute atomic E-state index is 11.9. The highest BCUT2D eigenvalue weighted by Gasteiger charge is 2.12. The molecule has 1 aromatic carbocycles. The number of hydrogen-bond donors (Lipinski definition) is 2. The third-order valence-corrected chi connectivity index (χ3v) is 2.84. The quantitative estimate of drug-likeness (QED) is 0.815. The van der Waals surface area contributed by atoms with Gasteiger partial charge in [-0.25, -0.2) is 4.79 Å². The highest BCUT2D eigenvalue weighted by molar-refractivity contribution is 6.08. The van der Waals surface area contributed by atoms with Crippen molar-refractivity contribution in [1.29, 1.82) is 0 Å². The molecule has 5 heteroatoms. The fourth-order valence-electron chi connectivity index (χ4n) is 1.42. The lowest BCUT2D eigenvalue weighted by molar-refractivity contribution is -0.133. The molecule has 0 radical (unpaired) electrons. The molecule has 5 nitrogen and oxygen atoms in total. The predicted molar refractivity (Wildman–Crippen MR) is 75.4 cm³/mol. The lowest BCUT2D eigenvalue weighted by Gasteiger charge is -2.14. The monoisotopic (exact) mass is 262 g/mol. The average molecular weight is 262 g/mol. The summed E-state index contributed by atoms with van der Waals surface area (Å²) < 4.78 is 0. The summed E-state index contributed by atoms with van der Waals surface area (Å²) in [7, 11) is 3.81. The lowest BCUT2D eigenvalue weighted by Crippen LogP contribution is -2.16. The molecule has 0 aliphatic rings. The Hall–Kier alpha value is -2.30. The van der Waals surface area contributed by atoms with Crippen LogP contribution in [-0.2, 0) is 9.59 Å². The summed E-state index contributed by atoms with van der Waals surface area (Å²) in [6, 6.07) is 7.32. The van der Waals surface area contributed by atoms with Crippen LogP contribution in [0.3, 0.4) is 0 Å². The maximum Gasteiger partial charge on any atom is 0.331 e. The van der Waals surface area contributed by atoms with E-state index in [0.717, 1.165) is 5.69 Å². The number of carbonyl (C=O) groups excluding carboxylic acids is 1. The predicted octanol–water partition coefficient (Wildman–Crippen LogP) is 2.11. The van der Waals surface area contributed by atoms with Crippen LogP contribution in [0.15, 0.2) is 35.4 Å². The number of amides is 1. The summed E-state index contributed by atoms with van der Waals surface area (Å²) in [5.41, 5.74) is 1.83. The Morgan fingerprint density at radius 1 is 1.16 bits per heavy atom. The van der Waals surface area contributed by atoms with E-state index < -0.39 is 11.9 Å². The summed E-state index contributed by atoms with van der Waals surface area (Å²) >= 11 is 0.